The molecule has 0 aromatic heterocycles. The lowest BCUT2D eigenvalue weighted by atomic mass is 9.76. The molecule has 2 aliphatic rings. The van der Waals surface area contributed by atoms with Gasteiger partial charge in [0.15, 0.2) is 0 Å². The molecule has 2 fully saturated rings. The van der Waals surface area contributed by atoms with Gasteiger partial charge in [0.2, 0.25) is 0 Å². The van der Waals surface area contributed by atoms with Gasteiger partial charge in [0, 0.05) is 11.6 Å². The van der Waals surface area contributed by atoms with Gasteiger partial charge in [-0.05, 0) is 56.4 Å². The molecule has 3 rings (SSSR count). The first-order valence-electron chi connectivity index (χ1n) is 7.86. The fraction of sp³-hybridized carbons (Fsp3) is 0.556. The van der Waals surface area contributed by atoms with Crippen LogP contribution >= 0.6 is 0 Å². The predicted molar refractivity (Wildman–Crippen MR) is 85.1 cm³/mol. The van der Waals surface area contributed by atoms with E-state index in [1.54, 1.807) is 0 Å². The summed E-state index contributed by atoms with van der Waals surface area (Å²) in [5.41, 5.74) is 15.5. The van der Waals surface area contributed by atoms with E-state index < -0.39 is 0 Å². The van der Waals surface area contributed by atoms with Gasteiger partial charge in [-0.25, -0.2) is 0 Å². The van der Waals surface area contributed by atoms with Crippen LogP contribution in [-0.2, 0) is 0 Å². The zero-order valence-electron chi connectivity index (χ0n) is 12.4. The maximum atomic E-state index is 6.67. The second kappa shape index (κ2) is 5.34. The standard InChI is InChI=1S/C18H26N2/c1-13(11-14-5-3-2-4-6-14)16-12-17(16)18(20)9-7-15(19)8-10-18/h2-6,11,15-17H,7-10,12,19-20H2,1H3/b13-11+. The highest BCUT2D eigenvalue weighted by molar-refractivity contribution is 5.53. The van der Waals surface area contributed by atoms with Gasteiger partial charge in [0.1, 0.15) is 0 Å². The second-order valence-electron chi connectivity index (χ2n) is 6.82. The van der Waals surface area contributed by atoms with Crippen LogP contribution in [0.25, 0.3) is 6.08 Å². The molecule has 2 heteroatoms. The largest absolute Gasteiger partial charge is 0.328 e. The lowest BCUT2D eigenvalue weighted by molar-refractivity contribution is 0.236. The van der Waals surface area contributed by atoms with E-state index in [9.17, 15) is 0 Å². The molecule has 2 atom stereocenters. The summed E-state index contributed by atoms with van der Waals surface area (Å²) in [7, 11) is 0. The van der Waals surface area contributed by atoms with E-state index in [-0.39, 0.29) is 5.54 Å². The Morgan fingerprint density at radius 2 is 1.85 bits per heavy atom. The average molecular weight is 270 g/mol. The maximum Gasteiger partial charge on any atom is 0.0190 e. The molecular weight excluding hydrogens is 244 g/mol. The maximum absolute atomic E-state index is 6.67. The molecule has 2 saturated carbocycles. The van der Waals surface area contributed by atoms with Gasteiger partial charge in [-0.3, -0.25) is 0 Å². The number of allylic oxidation sites excluding steroid dienone is 1. The van der Waals surface area contributed by atoms with Crippen molar-refractivity contribution in [2.24, 2.45) is 23.3 Å². The van der Waals surface area contributed by atoms with Gasteiger partial charge in [-0.2, -0.15) is 0 Å². The molecule has 0 bridgehead atoms. The smallest absolute Gasteiger partial charge is 0.0190 e. The highest BCUT2D eigenvalue weighted by Crippen LogP contribution is 2.53. The lowest BCUT2D eigenvalue weighted by Gasteiger charge is -2.37. The van der Waals surface area contributed by atoms with Crippen LogP contribution in [0.1, 0.15) is 44.6 Å². The molecule has 4 N–H and O–H groups in total. The Kier molecular flexibility index (Phi) is 3.70. The van der Waals surface area contributed by atoms with Crippen LogP contribution in [-0.4, -0.2) is 11.6 Å². The van der Waals surface area contributed by atoms with Crippen LogP contribution in [0.4, 0.5) is 0 Å². The van der Waals surface area contributed by atoms with Crippen molar-refractivity contribution in [1.82, 2.24) is 0 Å². The van der Waals surface area contributed by atoms with Gasteiger partial charge in [-0.15, -0.1) is 0 Å². The Morgan fingerprint density at radius 3 is 2.50 bits per heavy atom. The van der Waals surface area contributed by atoms with Crippen molar-refractivity contribution in [1.29, 1.82) is 0 Å². The van der Waals surface area contributed by atoms with Crippen LogP contribution in [0.15, 0.2) is 35.9 Å². The van der Waals surface area contributed by atoms with Crippen LogP contribution in [0, 0.1) is 11.8 Å². The van der Waals surface area contributed by atoms with Gasteiger partial charge in [0.05, 0.1) is 0 Å². The van der Waals surface area contributed by atoms with E-state index in [0.717, 1.165) is 25.7 Å². The molecule has 1 aromatic rings. The molecule has 0 saturated heterocycles. The molecule has 108 valence electrons. The summed E-state index contributed by atoms with van der Waals surface area (Å²) >= 11 is 0. The quantitative estimate of drug-likeness (QED) is 0.885. The monoisotopic (exact) mass is 270 g/mol. The molecule has 20 heavy (non-hydrogen) atoms. The molecule has 0 heterocycles. The number of benzene rings is 1. The minimum Gasteiger partial charge on any atom is -0.328 e. The SMILES string of the molecule is C/C(=C\c1ccccc1)C1CC1C1(N)CCC(N)CC1. The summed E-state index contributed by atoms with van der Waals surface area (Å²) in [5, 5.41) is 0. The lowest BCUT2D eigenvalue weighted by Crippen LogP contribution is -2.48. The number of hydrogen-bond donors (Lipinski definition) is 2. The summed E-state index contributed by atoms with van der Waals surface area (Å²) in [6.45, 7) is 2.26. The summed E-state index contributed by atoms with van der Waals surface area (Å²) < 4.78 is 0. The van der Waals surface area contributed by atoms with E-state index in [1.807, 2.05) is 0 Å². The van der Waals surface area contributed by atoms with Gasteiger partial charge >= 0.3 is 0 Å². The van der Waals surface area contributed by atoms with Gasteiger partial charge < -0.3 is 11.5 Å². The van der Waals surface area contributed by atoms with Crippen molar-refractivity contribution in [3.05, 3.63) is 41.5 Å². The van der Waals surface area contributed by atoms with E-state index in [1.165, 1.54) is 17.6 Å². The van der Waals surface area contributed by atoms with E-state index in [2.05, 4.69) is 43.3 Å². The third-order valence-corrected chi connectivity index (χ3v) is 5.27. The Balaban J connectivity index is 1.65. The molecular formula is C18H26N2. The first-order chi connectivity index (χ1) is 9.58. The average Bonchev–Trinajstić information content (AvgIpc) is 3.25. The number of rotatable bonds is 3. The topological polar surface area (TPSA) is 52.0 Å². The zero-order chi connectivity index (χ0) is 14.2. The normalized spacial score (nSPS) is 37.8. The minimum absolute atomic E-state index is 0.0479. The first-order valence-corrected chi connectivity index (χ1v) is 7.86. The van der Waals surface area contributed by atoms with E-state index in [0.29, 0.717) is 17.9 Å². The van der Waals surface area contributed by atoms with Crippen molar-refractivity contribution in [3.8, 4) is 0 Å². The molecule has 0 spiro atoms. The van der Waals surface area contributed by atoms with Crippen molar-refractivity contribution in [3.63, 3.8) is 0 Å². The first kappa shape index (κ1) is 13.8. The fourth-order valence-corrected chi connectivity index (χ4v) is 3.80. The molecule has 0 radical (unpaired) electrons. The Morgan fingerprint density at radius 1 is 1.20 bits per heavy atom. The van der Waals surface area contributed by atoms with E-state index >= 15 is 0 Å². The Bertz CT molecular complexity index is 483. The molecule has 1 aromatic carbocycles. The van der Waals surface area contributed by atoms with Crippen molar-refractivity contribution < 1.29 is 0 Å². The summed E-state index contributed by atoms with van der Waals surface area (Å²) in [6, 6.07) is 11.0. The molecule has 2 unspecified atom stereocenters. The molecule has 0 amide bonds. The third kappa shape index (κ3) is 2.82. The molecule has 0 aliphatic heterocycles. The summed E-state index contributed by atoms with van der Waals surface area (Å²) in [4.78, 5) is 0. The van der Waals surface area contributed by atoms with Crippen molar-refractivity contribution >= 4 is 6.08 Å². The van der Waals surface area contributed by atoms with Crippen molar-refractivity contribution in [2.75, 3.05) is 0 Å². The summed E-state index contributed by atoms with van der Waals surface area (Å²) in [5.74, 6) is 1.37. The van der Waals surface area contributed by atoms with Gasteiger partial charge in [-0.1, -0.05) is 42.0 Å². The summed E-state index contributed by atoms with van der Waals surface area (Å²) in [6.07, 6.45) is 7.99. The zero-order valence-corrected chi connectivity index (χ0v) is 12.4. The minimum atomic E-state index is 0.0479. The van der Waals surface area contributed by atoms with Crippen LogP contribution < -0.4 is 11.5 Å². The molecule has 2 aliphatic carbocycles. The highest BCUT2D eigenvalue weighted by atomic mass is 14.8. The Hall–Kier alpha value is -1.12. The highest BCUT2D eigenvalue weighted by Gasteiger charge is 2.51. The number of hydrogen-bond acceptors (Lipinski definition) is 2. The second-order valence-corrected chi connectivity index (χ2v) is 6.82. The van der Waals surface area contributed by atoms with E-state index in [4.69, 9.17) is 11.5 Å². The van der Waals surface area contributed by atoms with Crippen LogP contribution in [0.5, 0.6) is 0 Å². The van der Waals surface area contributed by atoms with Gasteiger partial charge in [0.25, 0.3) is 0 Å². The van der Waals surface area contributed by atoms with Crippen LogP contribution in [0.2, 0.25) is 0 Å². The third-order valence-electron chi connectivity index (χ3n) is 5.27. The predicted octanol–water partition coefficient (Wildman–Crippen LogP) is 3.32. The Labute approximate surface area is 122 Å². The number of nitrogens with two attached hydrogens (primary N) is 2. The van der Waals surface area contributed by atoms with Crippen molar-refractivity contribution in [2.45, 2.75) is 50.6 Å². The molecule has 2 nitrogen and oxygen atoms in total. The van der Waals surface area contributed by atoms with Crippen LogP contribution in [0.3, 0.4) is 0 Å². The fourth-order valence-electron chi connectivity index (χ4n) is 3.80.